The van der Waals surface area contributed by atoms with E-state index in [0.29, 0.717) is 5.41 Å². The maximum Gasteiger partial charge on any atom is 0.0445 e. The molecule has 5 rings (SSSR count). The first-order chi connectivity index (χ1) is 7.66. The average molecular weight is 213 g/mol. The van der Waals surface area contributed by atoms with Crippen LogP contribution in [0.4, 0.5) is 0 Å². The van der Waals surface area contributed by atoms with E-state index < -0.39 is 0 Å². The quantitative estimate of drug-likeness (QED) is 0.644. The van der Waals surface area contributed by atoms with Gasteiger partial charge in [0.1, 0.15) is 0 Å². The fraction of sp³-hybridized carbons (Fsp3) is 0.667. The van der Waals surface area contributed by atoms with Crippen molar-refractivity contribution in [3.05, 3.63) is 28.6 Å². The zero-order valence-corrected chi connectivity index (χ0v) is 10.2. The molecule has 4 aliphatic rings. The van der Waals surface area contributed by atoms with Gasteiger partial charge >= 0.3 is 0 Å². The maximum absolute atomic E-state index is 4.94. The smallest absolute Gasteiger partial charge is 0.0445 e. The third-order valence-corrected chi connectivity index (χ3v) is 5.45. The second-order valence-electron chi connectivity index (χ2n) is 6.49. The van der Waals surface area contributed by atoms with Crippen LogP contribution in [-0.2, 0) is 19.3 Å². The third kappa shape index (κ3) is 0.952. The van der Waals surface area contributed by atoms with Crippen molar-refractivity contribution in [3.63, 3.8) is 0 Å². The van der Waals surface area contributed by atoms with Gasteiger partial charge in [-0.3, -0.25) is 4.98 Å². The van der Waals surface area contributed by atoms with Gasteiger partial charge in [-0.15, -0.1) is 0 Å². The lowest BCUT2D eigenvalue weighted by atomic mass is 9.48. The Morgan fingerprint density at radius 2 is 2.12 bits per heavy atom. The molecule has 16 heavy (non-hydrogen) atoms. The monoisotopic (exact) mass is 213 g/mol. The summed E-state index contributed by atoms with van der Waals surface area (Å²) in [6.45, 7) is 4.89. The number of fused-ring (bicyclic) bond motifs is 1. The summed E-state index contributed by atoms with van der Waals surface area (Å²) in [6.07, 6.45) is 6.48. The van der Waals surface area contributed by atoms with Gasteiger partial charge in [0.15, 0.2) is 0 Å². The molecule has 0 aromatic carbocycles. The fourth-order valence-corrected chi connectivity index (χ4v) is 4.12. The minimum absolute atomic E-state index is 0.543. The second kappa shape index (κ2) is 2.69. The van der Waals surface area contributed by atoms with Crippen LogP contribution in [0.25, 0.3) is 0 Å². The second-order valence-corrected chi connectivity index (χ2v) is 6.49. The Balaban J connectivity index is 1.88. The summed E-state index contributed by atoms with van der Waals surface area (Å²) in [5.74, 6) is 1.71. The Labute approximate surface area is 97.3 Å². The largest absolute Gasteiger partial charge is 0.257 e. The highest BCUT2D eigenvalue weighted by Crippen LogP contribution is 2.62. The molecule has 1 heterocycles. The highest BCUT2D eigenvalue weighted by molar-refractivity contribution is 5.41. The molecule has 1 aromatic heterocycles. The molecule has 1 aromatic rings. The first-order valence-corrected chi connectivity index (χ1v) is 6.68. The van der Waals surface area contributed by atoms with Gasteiger partial charge in [-0.05, 0) is 60.5 Å². The Morgan fingerprint density at radius 3 is 2.94 bits per heavy atom. The van der Waals surface area contributed by atoms with Crippen LogP contribution < -0.4 is 0 Å². The normalized spacial score (nSPS) is 32.9. The molecule has 0 radical (unpaired) electrons. The average Bonchev–Trinajstić information content (AvgIpc) is 2.71. The van der Waals surface area contributed by atoms with E-state index in [4.69, 9.17) is 4.98 Å². The molecule has 0 spiro atoms. The standard InChI is InChI=1S/C15H19N/c1-15(2)10-7-12(15)11-6-9-4-3-5-13(9)16-14(11)8-10/h6,10,12H,3-5,7-8H2,1-2H3. The summed E-state index contributed by atoms with van der Waals surface area (Å²) < 4.78 is 0. The van der Waals surface area contributed by atoms with Gasteiger partial charge in [0.2, 0.25) is 0 Å². The minimum Gasteiger partial charge on any atom is -0.257 e. The molecule has 0 saturated heterocycles. The lowest BCUT2D eigenvalue weighted by Crippen LogP contribution is -2.48. The number of hydrogen-bond acceptors (Lipinski definition) is 1. The molecule has 0 aliphatic heterocycles. The predicted molar refractivity (Wildman–Crippen MR) is 64.6 cm³/mol. The number of hydrogen-bond donors (Lipinski definition) is 0. The van der Waals surface area contributed by atoms with Crippen LogP contribution >= 0.6 is 0 Å². The first-order valence-electron chi connectivity index (χ1n) is 6.68. The molecule has 1 saturated carbocycles. The van der Waals surface area contributed by atoms with E-state index >= 15 is 0 Å². The van der Waals surface area contributed by atoms with Crippen molar-refractivity contribution in [3.8, 4) is 0 Å². The van der Waals surface area contributed by atoms with Crippen LogP contribution in [-0.4, -0.2) is 4.98 Å². The van der Waals surface area contributed by atoms with Gasteiger partial charge in [-0.25, -0.2) is 0 Å². The molecule has 0 amide bonds. The molecule has 0 N–H and O–H groups in total. The Kier molecular flexibility index (Phi) is 1.55. The molecular formula is C15H19N. The number of aryl methyl sites for hydroxylation is 2. The van der Waals surface area contributed by atoms with Gasteiger partial charge < -0.3 is 0 Å². The van der Waals surface area contributed by atoms with Gasteiger partial charge in [-0.2, -0.15) is 0 Å². The van der Waals surface area contributed by atoms with E-state index in [2.05, 4.69) is 19.9 Å². The molecule has 2 bridgehead atoms. The predicted octanol–water partition coefficient (Wildman–Crippen LogP) is 3.26. The number of pyridine rings is 1. The van der Waals surface area contributed by atoms with E-state index in [9.17, 15) is 0 Å². The van der Waals surface area contributed by atoms with Gasteiger partial charge in [0.05, 0.1) is 0 Å². The molecule has 1 fully saturated rings. The summed E-state index contributed by atoms with van der Waals surface area (Å²) in [6, 6.07) is 2.51. The van der Waals surface area contributed by atoms with E-state index in [0.717, 1.165) is 11.8 Å². The van der Waals surface area contributed by atoms with Crippen molar-refractivity contribution >= 4 is 0 Å². The molecule has 2 unspecified atom stereocenters. The molecule has 2 atom stereocenters. The summed E-state index contributed by atoms with van der Waals surface area (Å²) in [5, 5.41) is 0. The lowest BCUT2D eigenvalue weighted by molar-refractivity contribution is 0.0168. The molecule has 1 nitrogen and oxygen atoms in total. The molecule has 84 valence electrons. The van der Waals surface area contributed by atoms with E-state index in [-0.39, 0.29) is 0 Å². The van der Waals surface area contributed by atoms with Crippen molar-refractivity contribution in [1.29, 1.82) is 0 Å². The number of aromatic nitrogens is 1. The van der Waals surface area contributed by atoms with Crippen LogP contribution in [0.15, 0.2) is 6.07 Å². The fourth-order valence-electron chi connectivity index (χ4n) is 4.12. The third-order valence-electron chi connectivity index (χ3n) is 5.45. The minimum atomic E-state index is 0.543. The van der Waals surface area contributed by atoms with Crippen molar-refractivity contribution < 1.29 is 0 Å². The molecular weight excluding hydrogens is 194 g/mol. The first kappa shape index (κ1) is 9.21. The summed E-state index contributed by atoms with van der Waals surface area (Å²) >= 11 is 0. The van der Waals surface area contributed by atoms with Crippen LogP contribution in [0.3, 0.4) is 0 Å². The van der Waals surface area contributed by atoms with Crippen LogP contribution in [0, 0.1) is 11.3 Å². The highest BCUT2D eigenvalue weighted by Gasteiger charge is 2.53. The van der Waals surface area contributed by atoms with Crippen molar-refractivity contribution in [2.75, 3.05) is 0 Å². The van der Waals surface area contributed by atoms with E-state index in [1.54, 1.807) is 11.1 Å². The van der Waals surface area contributed by atoms with Crippen LogP contribution in [0.5, 0.6) is 0 Å². The van der Waals surface area contributed by atoms with Crippen molar-refractivity contribution in [1.82, 2.24) is 4.98 Å². The van der Waals surface area contributed by atoms with Gasteiger partial charge in [0, 0.05) is 11.4 Å². The summed E-state index contributed by atoms with van der Waals surface area (Å²) in [7, 11) is 0. The van der Waals surface area contributed by atoms with Crippen LogP contribution in [0.2, 0.25) is 0 Å². The van der Waals surface area contributed by atoms with E-state index in [1.807, 2.05) is 0 Å². The Hall–Kier alpha value is -0.850. The van der Waals surface area contributed by atoms with Crippen molar-refractivity contribution in [2.45, 2.75) is 51.9 Å². The topological polar surface area (TPSA) is 12.9 Å². The Morgan fingerprint density at radius 1 is 1.25 bits per heavy atom. The maximum atomic E-state index is 4.94. The van der Waals surface area contributed by atoms with Crippen LogP contribution in [0.1, 0.15) is 55.1 Å². The molecule has 4 aliphatic carbocycles. The van der Waals surface area contributed by atoms with Crippen molar-refractivity contribution in [2.24, 2.45) is 11.3 Å². The number of nitrogens with zero attached hydrogens (tertiary/aromatic N) is 1. The van der Waals surface area contributed by atoms with Gasteiger partial charge in [-0.1, -0.05) is 19.9 Å². The van der Waals surface area contributed by atoms with E-state index in [1.165, 1.54) is 43.5 Å². The zero-order chi connectivity index (χ0) is 10.9. The Bertz CT molecular complexity index is 473. The summed E-state index contributed by atoms with van der Waals surface area (Å²) in [5.41, 5.74) is 6.56. The lowest BCUT2D eigenvalue weighted by Gasteiger charge is -2.56. The zero-order valence-electron chi connectivity index (χ0n) is 10.2. The molecule has 1 heteroatoms. The summed E-state index contributed by atoms with van der Waals surface area (Å²) in [4.78, 5) is 4.94. The SMILES string of the molecule is CC1(C)C2Cc3nc4c(cc3C1C2)CCC4. The highest BCUT2D eigenvalue weighted by atomic mass is 14.8. The van der Waals surface area contributed by atoms with Gasteiger partial charge in [0.25, 0.3) is 0 Å². The number of rotatable bonds is 0.